The molecule has 0 aliphatic heterocycles. The Morgan fingerprint density at radius 3 is 2.15 bits per heavy atom. The SMILES string of the molecule is COc1ccc2cc(CN(C)C(=O)c3ccc(S(=O)(=O)N(C)c4ccccc4)cc3)ccc2c1. The molecule has 0 N–H and O–H groups in total. The average Bonchev–Trinajstić information content (AvgIpc) is 2.88. The second-order valence-electron chi connectivity index (χ2n) is 8.04. The predicted octanol–water partition coefficient (Wildman–Crippen LogP) is 4.95. The highest BCUT2D eigenvalue weighted by atomic mass is 32.2. The van der Waals surface area contributed by atoms with E-state index in [1.165, 1.54) is 23.5 Å². The molecule has 0 bridgehead atoms. The molecule has 174 valence electrons. The molecular formula is C27H26N2O4S. The maximum atomic E-state index is 13.0. The zero-order valence-corrected chi connectivity index (χ0v) is 20.1. The van der Waals surface area contributed by atoms with Crippen molar-refractivity contribution >= 4 is 32.4 Å². The lowest BCUT2D eigenvalue weighted by atomic mass is 10.1. The topological polar surface area (TPSA) is 66.9 Å². The molecule has 7 heteroatoms. The Balaban J connectivity index is 1.48. The number of ether oxygens (including phenoxy) is 1. The smallest absolute Gasteiger partial charge is 0.264 e. The second-order valence-corrected chi connectivity index (χ2v) is 10.0. The Morgan fingerprint density at radius 1 is 0.824 bits per heavy atom. The summed E-state index contributed by atoms with van der Waals surface area (Å²) >= 11 is 0. The second kappa shape index (κ2) is 9.57. The molecule has 0 unspecified atom stereocenters. The first-order valence-electron chi connectivity index (χ1n) is 10.8. The molecule has 6 nitrogen and oxygen atoms in total. The quantitative estimate of drug-likeness (QED) is 0.380. The van der Waals surface area contributed by atoms with Crippen LogP contribution in [0, 0.1) is 0 Å². The number of hydrogen-bond acceptors (Lipinski definition) is 4. The van der Waals surface area contributed by atoms with Gasteiger partial charge in [0.15, 0.2) is 0 Å². The Hall–Kier alpha value is -3.84. The maximum absolute atomic E-state index is 13.0. The van der Waals surface area contributed by atoms with E-state index in [0.717, 1.165) is 22.1 Å². The van der Waals surface area contributed by atoms with Crippen molar-refractivity contribution in [3.05, 3.63) is 102 Å². The van der Waals surface area contributed by atoms with Gasteiger partial charge in [-0.05, 0) is 70.9 Å². The van der Waals surface area contributed by atoms with Crippen LogP contribution in [0.1, 0.15) is 15.9 Å². The van der Waals surface area contributed by atoms with Gasteiger partial charge in [-0.2, -0.15) is 0 Å². The van der Waals surface area contributed by atoms with Gasteiger partial charge in [0, 0.05) is 26.2 Å². The fourth-order valence-corrected chi connectivity index (χ4v) is 4.96. The van der Waals surface area contributed by atoms with Gasteiger partial charge in [0.1, 0.15) is 5.75 Å². The number of anilines is 1. The number of rotatable bonds is 7. The highest BCUT2D eigenvalue weighted by Crippen LogP contribution is 2.24. The van der Waals surface area contributed by atoms with Gasteiger partial charge < -0.3 is 9.64 Å². The summed E-state index contributed by atoms with van der Waals surface area (Å²) in [5.41, 5.74) is 1.99. The average molecular weight is 475 g/mol. The normalized spacial score (nSPS) is 11.3. The first kappa shape index (κ1) is 23.3. The predicted molar refractivity (Wildman–Crippen MR) is 135 cm³/mol. The molecule has 0 atom stereocenters. The van der Waals surface area contributed by atoms with Gasteiger partial charge in [-0.3, -0.25) is 9.10 Å². The number of nitrogens with zero attached hydrogens (tertiary/aromatic N) is 2. The summed E-state index contributed by atoms with van der Waals surface area (Å²) < 4.78 is 32.4. The molecule has 4 rings (SSSR count). The van der Waals surface area contributed by atoms with E-state index in [1.54, 1.807) is 55.5 Å². The molecule has 0 saturated carbocycles. The molecule has 0 aromatic heterocycles. The zero-order chi connectivity index (χ0) is 24.3. The molecule has 0 fully saturated rings. The van der Waals surface area contributed by atoms with E-state index in [0.29, 0.717) is 17.8 Å². The van der Waals surface area contributed by atoms with E-state index in [1.807, 2.05) is 42.5 Å². The summed E-state index contributed by atoms with van der Waals surface area (Å²) in [6.45, 7) is 0.428. The lowest BCUT2D eigenvalue weighted by Crippen LogP contribution is -2.27. The fraction of sp³-hybridized carbons (Fsp3) is 0.148. The van der Waals surface area contributed by atoms with Crippen molar-refractivity contribution in [2.24, 2.45) is 0 Å². The van der Waals surface area contributed by atoms with Crippen LogP contribution in [0.25, 0.3) is 10.8 Å². The van der Waals surface area contributed by atoms with Crippen LogP contribution in [-0.4, -0.2) is 40.4 Å². The maximum Gasteiger partial charge on any atom is 0.264 e. The van der Waals surface area contributed by atoms with Crippen molar-refractivity contribution in [1.82, 2.24) is 4.90 Å². The van der Waals surface area contributed by atoms with E-state index in [9.17, 15) is 13.2 Å². The van der Waals surface area contributed by atoms with Crippen LogP contribution < -0.4 is 9.04 Å². The van der Waals surface area contributed by atoms with Crippen LogP contribution in [0.5, 0.6) is 5.75 Å². The van der Waals surface area contributed by atoms with Crippen molar-refractivity contribution in [2.45, 2.75) is 11.4 Å². The molecule has 0 aliphatic rings. The Bertz CT molecular complexity index is 1420. The van der Waals surface area contributed by atoms with Crippen LogP contribution >= 0.6 is 0 Å². The zero-order valence-electron chi connectivity index (χ0n) is 19.3. The first-order chi connectivity index (χ1) is 16.3. The third-order valence-corrected chi connectivity index (χ3v) is 7.56. The number of amides is 1. The van der Waals surface area contributed by atoms with Crippen LogP contribution in [0.15, 0.2) is 95.9 Å². The Kier molecular flexibility index (Phi) is 6.56. The third-order valence-electron chi connectivity index (χ3n) is 5.76. The minimum Gasteiger partial charge on any atom is -0.497 e. The van der Waals surface area contributed by atoms with Crippen molar-refractivity contribution in [3.8, 4) is 5.75 Å². The minimum atomic E-state index is -3.73. The number of methoxy groups -OCH3 is 1. The molecular weight excluding hydrogens is 448 g/mol. The van der Waals surface area contributed by atoms with E-state index < -0.39 is 10.0 Å². The van der Waals surface area contributed by atoms with Crippen LogP contribution in [0.4, 0.5) is 5.69 Å². The molecule has 4 aromatic rings. The lowest BCUT2D eigenvalue weighted by molar-refractivity contribution is 0.0785. The highest BCUT2D eigenvalue weighted by Gasteiger charge is 2.22. The molecule has 0 aliphatic carbocycles. The number of carbonyl (C=O) groups is 1. The van der Waals surface area contributed by atoms with Crippen LogP contribution in [0.2, 0.25) is 0 Å². The minimum absolute atomic E-state index is 0.128. The summed E-state index contributed by atoms with van der Waals surface area (Å²) in [5, 5.41) is 2.13. The lowest BCUT2D eigenvalue weighted by Gasteiger charge is -2.20. The van der Waals surface area contributed by atoms with E-state index in [-0.39, 0.29) is 10.8 Å². The van der Waals surface area contributed by atoms with Gasteiger partial charge in [-0.25, -0.2) is 8.42 Å². The molecule has 0 spiro atoms. The Morgan fingerprint density at radius 2 is 1.47 bits per heavy atom. The molecule has 34 heavy (non-hydrogen) atoms. The molecule has 0 radical (unpaired) electrons. The summed E-state index contributed by atoms with van der Waals surface area (Å²) in [6.07, 6.45) is 0. The third kappa shape index (κ3) is 4.75. The number of benzene rings is 4. The summed E-state index contributed by atoms with van der Waals surface area (Å²) in [4.78, 5) is 14.7. The largest absolute Gasteiger partial charge is 0.497 e. The molecule has 1 amide bonds. The van der Waals surface area contributed by atoms with Crippen molar-refractivity contribution in [1.29, 1.82) is 0 Å². The van der Waals surface area contributed by atoms with Crippen molar-refractivity contribution < 1.29 is 17.9 Å². The van der Waals surface area contributed by atoms with Gasteiger partial charge >= 0.3 is 0 Å². The van der Waals surface area contributed by atoms with Crippen LogP contribution in [0.3, 0.4) is 0 Å². The van der Waals surface area contributed by atoms with E-state index >= 15 is 0 Å². The fourth-order valence-electron chi connectivity index (χ4n) is 3.77. The molecule has 0 heterocycles. The summed E-state index contributed by atoms with van der Waals surface area (Å²) in [5.74, 6) is 0.614. The van der Waals surface area contributed by atoms with Crippen molar-refractivity contribution in [3.63, 3.8) is 0 Å². The first-order valence-corrected chi connectivity index (χ1v) is 12.2. The molecule has 4 aromatic carbocycles. The van der Waals surface area contributed by atoms with Crippen molar-refractivity contribution in [2.75, 3.05) is 25.5 Å². The monoisotopic (exact) mass is 474 g/mol. The van der Waals surface area contributed by atoms with Gasteiger partial charge in [0.2, 0.25) is 0 Å². The summed E-state index contributed by atoms with van der Waals surface area (Å²) in [6, 6.07) is 26.8. The Labute approximate surface area is 200 Å². The van der Waals surface area contributed by atoms with Gasteiger partial charge in [-0.15, -0.1) is 0 Å². The van der Waals surface area contributed by atoms with Crippen LogP contribution in [-0.2, 0) is 16.6 Å². The highest BCUT2D eigenvalue weighted by molar-refractivity contribution is 7.92. The number of carbonyl (C=O) groups excluding carboxylic acids is 1. The number of para-hydroxylation sites is 1. The standard InChI is InChI=1S/C27H26N2O4S/c1-28(19-20-9-10-23-18-25(33-3)14-11-22(23)17-20)27(30)21-12-15-26(16-13-21)34(31,32)29(2)24-7-5-4-6-8-24/h4-18H,19H2,1-3H3. The number of fused-ring (bicyclic) bond motifs is 1. The van der Waals surface area contributed by atoms with Gasteiger partial charge in [-0.1, -0.05) is 36.4 Å². The number of sulfonamides is 1. The number of hydrogen-bond donors (Lipinski definition) is 0. The van der Waals surface area contributed by atoms with E-state index in [4.69, 9.17) is 4.74 Å². The van der Waals surface area contributed by atoms with E-state index in [2.05, 4.69) is 0 Å². The summed E-state index contributed by atoms with van der Waals surface area (Å²) in [7, 11) is 1.15. The van der Waals surface area contributed by atoms with Gasteiger partial charge in [0.25, 0.3) is 15.9 Å². The molecule has 0 saturated heterocycles. The van der Waals surface area contributed by atoms with Gasteiger partial charge in [0.05, 0.1) is 17.7 Å².